The molecule has 0 heterocycles. The van der Waals surface area contributed by atoms with E-state index in [2.05, 4.69) is 0 Å². The van der Waals surface area contributed by atoms with Crippen molar-refractivity contribution in [1.82, 2.24) is 0 Å². The van der Waals surface area contributed by atoms with Crippen molar-refractivity contribution < 1.29 is 36.2 Å². The van der Waals surface area contributed by atoms with Gasteiger partial charge in [0.1, 0.15) is 9.79 Å². The van der Waals surface area contributed by atoms with Crippen molar-refractivity contribution in [2.24, 2.45) is 0 Å². The molecule has 2 aromatic rings. The van der Waals surface area contributed by atoms with Crippen molar-refractivity contribution >= 4 is 37.0 Å². The first-order chi connectivity index (χ1) is 12.8. The number of nitrogens with zero attached hydrogens (tertiary/aromatic N) is 3. The van der Waals surface area contributed by atoms with Crippen LogP contribution >= 0.6 is 0 Å². The predicted octanol–water partition coefficient (Wildman–Crippen LogP) is 1.49. The van der Waals surface area contributed by atoms with Crippen LogP contribution in [0.5, 0.6) is 0 Å². The average Bonchev–Trinajstić information content (AvgIpc) is 2.59. The molecule has 0 aliphatic heterocycles. The summed E-state index contributed by atoms with van der Waals surface area (Å²) in [5.41, 5.74) is -2.90. The molecule has 0 aromatic heterocycles. The Morgan fingerprint density at radius 3 is 1.57 bits per heavy atom. The number of nitro groups is 3. The molecular weight excluding hydrogens is 426 g/mol. The summed E-state index contributed by atoms with van der Waals surface area (Å²) in [4.78, 5) is 25.7. The monoisotopic (exact) mass is 433 g/mol. The minimum atomic E-state index is -5.30. The summed E-state index contributed by atoms with van der Waals surface area (Å²) >= 11 is 0. The van der Waals surface area contributed by atoms with Gasteiger partial charge in [-0.25, -0.2) is 8.42 Å². The zero-order valence-corrected chi connectivity index (χ0v) is 14.8. The number of nitro benzene ring substituents is 3. The maximum atomic E-state index is 12.8. The first-order valence-corrected chi connectivity index (χ1v) is 9.63. The van der Waals surface area contributed by atoms with E-state index in [0.29, 0.717) is 30.3 Å². The van der Waals surface area contributed by atoms with Crippen molar-refractivity contribution in [1.29, 1.82) is 0 Å². The average molecular weight is 433 g/mol. The third kappa shape index (κ3) is 3.77. The lowest BCUT2D eigenvalue weighted by Gasteiger charge is -2.09. The predicted molar refractivity (Wildman–Crippen MR) is 88.1 cm³/mol. The van der Waals surface area contributed by atoms with Crippen LogP contribution in [0.4, 0.5) is 17.1 Å². The van der Waals surface area contributed by atoms with E-state index in [9.17, 15) is 51.7 Å². The Hall–Kier alpha value is -3.50. The Morgan fingerprint density at radius 1 is 0.679 bits per heavy atom. The van der Waals surface area contributed by atoms with Gasteiger partial charge < -0.3 is 0 Å². The van der Waals surface area contributed by atoms with E-state index in [-0.39, 0.29) is 6.07 Å². The molecule has 14 nitrogen and oxygen atoms in total. The third-order valence-corrected chi connectivity index (χ3v) is 6.23. The third-order valence-electron chi connectivity index (χ3n) is 3.35. The van der Waals surface area contributed by atoms with E-state index < -0.39 is 66.5 Å². The minimum Gasteiger partial charge on any atom is -0.282 e. The summed E-state index contributed by atoms with van der Waals surface area (Å²) in [5.74, 6) is 0. The van der Waals surface area contributed by atoms with Crippen LogP contribution in [0.3, 0.4) is 0 Å². The second-order valence-electron chi connectivity index (χ2n) is 5.03. The van der Waals surface area contributed by atoms with Gasteiger partial charge >= 0.3 is 0 Å². The Morgan fingerprint density at radius 2 is 1.14 bits per heavy atom. The van der Waals surface area contributed by atoms with Crippen LogP contribution in [-0.2, 0) is 20.0 Å². The molecule has 0 saturated heterocycles. The molecule has 0 saturated carbocycles. The Balaban J connectivity index is 2.88. The first-order valence-electron chi connectivity index (χ1n) is 6.70. The summed E-state index contributed by atoms with van der Waals surface area (Å²) in [6.07, 6.45) is 0. The van der Waals surface area contributed by atoms with Crippen molar-refractivity contribution in [2.75, 3.05) is 0 Å². The number of sulfone groups is 1. The topological polar surface area (TPSA) is 218 Å². The van der Waals surface area contributed by atoms with E-state index in [4.69, 9.17) is 0 Å². The maximum absolute atomic E-state index is 12.8. The van der Waals surface area contributed by atoms with E-state index in [1.165, 1.54) is 0 Å². The zero-order chi connectivity index (χ0) is 21.4. The van der Waals surface area contributed by atoms with Gasteiger partial charge in [0.05, 0.1) is 25.7 Å². The van der Waals surface area contributed by atoms with E-state index in [0.717, 1.165) is 0 Å². The van der Waals surface area contributed by atoms with Crippen LogP contribution in [0.1, 0.15) is 0 Å². The molecule has 1 N–H and O–H groups in total. The molecule has 0 bridgehead atoms. The van der Waals surface area contributed by atoms with Crippen LogP contribution in [0.15, 0.2) is 51.1 Å². The fourth-order valence-corrected chi connectivity index (χ4v) is 4.84. The lowest BCUT2D eigenvalue weighted by atomic mass is 10.3. The molecule has 0 spiro atoms. The molecule has 0 atom stereocenters. The van der Waals surface area contributed by atoms with Crippen molar-refractivity contribution in [3.05, 3.63) is 66.7 Å². The number of non-ortho nitro benzene ring substituents is 2. The van der Waals surface area contributed by atoms with E-state index in [1.807, 2.05) is 0 Å². The molecule has 0 amide bonds. The quantitative estimate of drug-likeness (QED) is 0.390. The summed E-state index contributed by atoms with van der Waals surface area (Å²) < 4.78 is 57.8. The number of rotatable bonds is 6. The normalized spacial score (nSPS) is 11.8. The molecule has 28 heavy (non-hydrogen) atoms. The molecular formula is C12H7N3O11S2. The molecule has 148 valence electrons. The molecule has 0 aliphatic carbocycles. The van der Waals surface area contributed by atoms with Gasteiger partial charge in [-0.3, -0.25) is 34.9 Å². The SMILES string of the molecule is O=[N+]([O-])c1ccc(S(=O)(=O)c2ccc([N+](=O)[O-])cc2S(=O)(=O)O)c([N+](=O)[O-])c1. The molecule has 0 aliphatic rings. The molecule has 0 radical (unpaired) electrons. The summed E-state index contributed by atoms with van der Waals surface area (Å²) in [5, 5.41) is 32.7. The van der Waals surface area contributed by atoms with Crippen LogP contribution < -0.4 is 0 Å². The lowest BCUT2D eigenvalue weighted by Crippen LogP contribution is -2.12. The fourth-order valence-electron chi connectivity index (χ4n) is 2.14. The van der Waals surface area contributed by atoms with E-state index >= 15 is 0 Å². The van der Waals surface area contributed by atoms with Gasteiger partial charge in [-0.1, -0.05) is 0 Å². The van der Waals surface area contributed by atoms with Gasteiger partial charge in [-0.05, 0) is 12.1 Å². The Bertz CT molecular complexity index is 1240. The summed E-state index contributed by atoms with van der Waals surface area (Å²) in [6, 6.07) is 2.85. The fraction of sp³-hybridized carbons (Fsp3) is 0. The van der Waals surface area contributed by atoms with Gasteiger partial charge in [0.15, 0.2) is 0 Å². The minimum absolute atomic E-state index is 0.263. The summed E-state index contributed by atoms with van der Waals surface area (Å²) in [7, 11) is -10.3. The largest absolute Gasteiger partial charge is 0.296 e. The maximum Gasteiger partial charge on any atom is 0.296 e. The van der Waals surface area contributed by atoms with Crippen LogP contribution in [0.2, 0.25) is 0 Å². The van der Waals surface area contributed by atoms with Crippen LogP contribution in [-0.4, -0.2) is 36.2 Å². The zero-order valence-electron chi connectivity index (χ0n) is 13.2. The molecule has 0 fully saturated rings. The van der Waals surface area contributed by atoms with Gasteiger partial charge in [-0.15, -0.1) is 0 Å². The van der Waals surface area contributed by atoms with Crippen LogP contribution in [0.25, 0.3) is 0 Å². The highest BCUT2D eigenvalue weighted by molar-refractivity contribution is 7.93. The molecule has 16 heteroatoms. The number of hydrogen-bond donors (Lipinski definition) is 1. The second kappa shape index (κ2) is 6.91. The van der Waals surface area contributed by atoms with Gasteiger partial charge in [0.2, 0.25) is 9.84 Å². The Kier molecular flexibility index (Phi) is 5.13. The first kappa shape index (κ1) is 20.8. The highest BCUT2D eigenvalue weighted by atomic mass is 32.2. The second-order valence-corrected chi connectivity index (χ2v) is 8.31. The van der Waals surface area contributed by atoms with Crippen LogP contribution in [0, 0.1) is 30.3 Å². The highest BCUT2D eigenvalue weighted by Gasteiger charge is 2.35. The number of benzene rings is 2. The van der Waals surface area contributed by atoms with Gasteiger partial charge in [-0.2, -0.15) is 8.42 Å². The smallest absolute Gasteiger partial charge is 0.282 e. The van der Waals surface area contributed by atoms with E-state index in [1.54, 1.807) is 0 Å². The Labute approximate surface area is 155 Å². The molecule has 0 unspecified atom stereocenters. The van der Waals surface area contributed by atoms with Crippen molar-refractivity contribution in [2.45, 2.75) is 14.7 Å². The standard InChI is InChI=1S/C12H7N3O11S2/c16-13(17)7-1-3-10(9(5-7)15(20)21)27(22,23)11-4-2-8(14(18)19)6-12(11)28(24,25)26/h1-6H,(H,24,25,26). The molecule has 2 rings (SSSR count). The molecule has 2 aromatic carbocycles. The highest BCUT2D eigenvalue weighted by Crippen LogP contribution is 2.36. The van der Waals surface area contributed by atoms with Gasteiger partial charge in [0, 0.05) is 18.2 Å². The number of hydrogen-bond acceptors (Lipinski definition) is 10. The van der Waals surface area contributed by atoms with Crippen molar-refractivity contribution in [3.8, 4) is 0 Å². The van der Waals surface area contributed by atoms with Crippen molar-refractivity contribution in [3.63, 3.8) is 0 Å². The lowest BCUT2D eigenvalue weighted by molar-refractivity contribution is -0.396. The summed E-state index contributed by atoms with van der Waals surface area (Å²) in [6.45, 7) is 0. The van der Waals surface area contributed by atoms with Gasteiger partial charge in [0.25, 0.3) is 27.2 Å².